The first-order valence-electron chi connectivity index (χ1n) is 10.1. The molecular formula is C22H33NO6. The third kappa shape index (κ3) is 6.84. The van der Waals surface area contributed by atoms with E-state index in [9.17, 15) is 14.7 Å². The molecule has 1 aromatic rings. The number of amides is 1. The Morgan fingerprint density at radius 2 is 1.93 bits per heavy atom. The highest BCUT2D eigenvalue weighted by atomic mass is 16.6. The van der Waals surface area contributed by atoms with E-state index < -0.39 is 17.7 Å². The van der Waals surface area contributed by atoms with Crippen molar-refractivity contribution in [1.82, 2.24) is 5.32 Å². The Bertz CT molecular complexity index is 712. The zero-order valence-corrected chi connectivity index (χ0v) is 18.0. The number of rotatable bonds is 7. The van der Waals surface area contributed by atoms with Crippen LogP contribution in [0.2, 0.25) is 0 Å². The van der Waals surface area contributed by atoms with E-state index in [-0.39, 0.29) is 24.3 Å². The van der Waals surface area contributed by atoms with Crippen molar-refractivity contribution in [2.24, 2.45) is 5.92 Å². The van der Waals surface area contributed by atoms with Gasteiger partial charge in [-0.1, -0.05) is 6.07 Å². The summed E-state index contributed by atoms with van der Waals surface area (Å²) in [5.41, 5.74) is 0.431. The first-order chi connectivity index (χ1) is 13.6. The second kappa shape index (κ2) is 9.85. The van der Waals surface area contributed by atoms with Gasteiger partial charge in [0.1, 0.15) is 5.60 Å². The van der Waals surface area contributed by atoms with Crippen molar-refractivity contribution in [3.8, 4) is 11.5 Å². The molecule has 7 nitrogen and oxygen atoms in total. The number of carboxylic acid groups (broad SMARTS) is 1. The molecule has 7 heteroatoms. The number of carbonyl (C=O) groups is 2. The molecule has 3 unspecified atom stereocenters. The average molecular weight is 408 g/mol. The number of carbonyl (C=O) groups excluding carboxylic acids is 1. The van der Waals surface area contributed by atoms with Gasteiger partial charge in [0, 0.05) is 18.4 Å². The smallest absolute Gasteiger partial charge is 0.407 e. The van der Waals surface area contributed by atoms with Crippen LogP contribution in [0.3, 0.4) is 0 Å². The molecule has 2 N–H and O–H groups in total. The lowest BCUT2D eigenvalue weighted by molar-refractivity contribution is -0.138. The summed E-state index contributed by atoms with van der Waals surface area (Å²) >= 11 is 0. The van der Waals surface area contributed by atoms with Crippen LogP contribution in [0, 0.1) is 5.92 Å². The Labute approximate surface area is 172 Å². The van der Waals surface area contributed by atoms with Crippen LogP contribution in [0.15, 0.2) is 18.2 Å². The molecule has 0 spiro atoms. The number of nitrogens with one attached hydrogen (secondary N) is 1. The molecule has 29 heavy (non-hydrogen) atoms. The molecule has 0 aromatic heterocycles. The molecular weight excluding hydrogens is 374 g/mol. The Morgan fingerprint density at radius 3 is 2.52 bits per heavy atom. The van der Waals surface area contributed by atoms with Gasteiger partial charge in [-0.05, 0) is 70.6 Å². The maximum atomic E-state index is 12.4. The molecule has 3 atom stereocenters. The summed E-state index contributed by atoms with van der Waals surface area (Å²) in [7, 11) is 1.60. The van der Waals surface area contributed by atoms with Gasteiger partial charge in [0.15, 0.2) is 11.5 Å². The molecule has 162 valence electrons. The molecule has 0 bridgehead atoms. The second-order valence-corrected chi connectivity index (χ2v) is 8.48. The first kappa shape index (κ1) is 22.8. The quantitative estimate of drug-likeness (QED) is 0.698. The van der Waals surface area contributed by atoms with Gasteiger partial charge >= 0.3 is 12.1 Å². The van der Waals surface area contributed by atoms with Crippen LogP contribution in [0.5, 0.6) is 11.5 Å². The Kier molecular flexibility index (Phi) is 7.76. The van der Waals surface area contributed by atoms with Gasteiger partial charge in [0.05, 0.1) is 13.7 Å². The largest absolute Gasteiger partial charge is 0.493 e. The van der Waals surface area contributed by atoms with Crippen molar-refractivity contribution < 1.29 is 28.9 Å². The highest BCUT2D eigenvalue weighted by molar-refractivity contribution is 5.69. The monoisotopic (exact) mass is 407 g/mol. The molecule has 1 amide bonds. The maximum absolute atomic E-state index is 12.4. The molecule has 1 fully saturated rings. The van der Waals surface area contributed by atoms with E-state index in [0.717, 1.165) is 18.4 Å². The fourth-order valence-corrected chi connectivity index (χ4v) is 3.90. The Morgan fingerprint density at radius 1 is 1.21 bits per heavy atom. The summed E-state index contributed by atoms with van der Waals surface area (Å²) in [5.74, 6) is 0.571. The van der Waals surface area contributed by atoms with Crippen molar-refractivity contribution in [3.63, 3.8) is 0 Å². The number of alkyl carbamates (subject to hydrolysis) is 1. The molecule has 0 aliphatic heterocycles. The molecule has 1 aliphatic rings. The van der Waals surface area contributed by atoms with E-state index in [2.05, 4.69) is 5.32 Å². The number of aliphatic carboxylic acids is 1. The number of methoxy groups -OCH3 is 1. The van der Waals surface area contributed by atoms with Crippen molar-refractivity contribution in [3.05, 3.63) is 23.8 Å². The number of hydrogen-bond donors (Lipinski definition) is 2. The summed E-state index contributed by atoms with van der Waals surface area (Å²) < 4.78 is 16.5. The van der Waals surface area contributed by atoms with Gasteiger partial charge in [0.2, 0.25) is 0 Å². The molecule has 1 aliphatic carbocycles. The van der Waals surface area contributed by atoms with Crippen LogP contribution in [-0.4, -0.2) is 42.5 Å². The first-order valence-corrected chi connectivity index (χ1v) is 10.1. The molecule has 1 aromatic carbocycles. The molecule has 2 rings (SSSR count). The lowest BCUT2D eigenvalue weighted by Crippen LogP contribution is -2.45. The number of benzene rings is 1. The van der Waals surface area contributed by atoms with Gasteiger partial charge in [-0.15, -0.1) is 0 Å². The lowest BCUT2D eigenvalue weighted by Gasteiger charge is -2.37. The third-order valence-electron chi connectivity index (χ3n) is 5.04. The minimum atomic E-state index is -0.812. The fourth-order valence-electron chi connectivity index (χ4n) is 3.90. The predicted octanol–water partition coefficient (Wildman–Crippen LogP) is 4.35. The van der Waals surface area contributed by atoms with Crippen molar-refractivity contribution in [2.75, 3.05) is 13.7 Å². The standard InChI is InChI=1S/C22H33NO6/c1-6-28-19-13-15(8-10-18(19)27-5)16-9-7-14(12-20(24)25)11-17(16)23-21(26)29-22(2,3)4/h8,10,13-14,16-17H,6-7,9,11-12H2,1-5H3,(H,23,26)(H,24,25). The van der Waals surface area contributed by atoms with Crippen LogP contribution in [-0.2, 0) is 9.53 Å². The van der Waals surface area contributed by atoms with Gasteiger partial charge in [-0.2, -0.15) is 0 Å². The van der Waals surface area contributed by atoms with Crippen LogP contribution in [0.25, 0.3) is 0 Å². The summed E-state index contributed by atoms with van der Waals surface area (Å²) in [6.07, 6.45) is 1.77. The molecule has 0 heterocycles. The topological polar surface area (TPSA) is 94.1 Å². The summed E-state index contributed by atoms with van der Waals surface area (Å²) in [5, 5.41) is 12.2. The summed E-state index contributed by atoms with van der Waals surface area (Å²) in [6, 6.07) is 5.58. The van der Waals surface area contributed by atoms with Crippen molar-refractivity contribution >= 4 is 12.1 Å². The van der Waals surface area contributed by atoms with Crippen molar-refractivity contribution in [1.29, 1.82) is 0 Å². The van der Waals surface area contributed by atoms with Gasteiger partial charge in [0.25, 0.3) is 0 Å². The highest BCUT2D eigenvalue weighted by Gasteiger charge is 2.35. The highest BCUT2D eigenvalue weighted by Crippen LogP contribution is 2.40. The minimum absolute atomic E-state index is 0.0216. The number of ether oxygens (including phenoxy) is 3. The second-order valence-electron chi connectivity index (χ2n) is 8.48. The molecule has 0 radical (unpaired) electrons. The molecule has 1 saturated carbocycles. The van der Waals surface area contributed by atoms with E-state index in [0.29, 0.717) is 24.5 Å². The SMILES string of the molecule is CCOc1cc(C2CCC(CC(=O)O)CC2NC(=O)OC(C)(C)C)ccc1OC. The van der Waals surface area contributed by atoms with Crippen LogP contribution < -0.4 is 14.8 Å². The van der Waals surface area contributed by atoms with E-state index in [4.69, 9.17) is 14.2 Å². The van der Waals surface area contributed by atoms with Crippen LogP contribution >= 0.6 is 0 Å². The lowest BCUT2D eigenvalue weighted by atomic mass is 9.74. The third-order valence-corrected chi connectivity index (χ3v) is 5.04. The van der Waals surface area contributed by atoms with Gasteiger partial charge in [-0.3, -0.25) is 4.79 Å². The zero-order valence-electron chi connectivity index (χ0n) is 18.0. The molecule has 0 saturated heterocycles. The predicted molar refractivity (Wildman–Crippen MR) is 110 cm³/mol. The summed E-state index contributed by atoms with van der Waals surface area (Å²) in [6.45, 7) is 7.88. The zero-order chi connectivity index (χ0) is 21.6. The normalized spacial score (nSPS) is 21.9. The van der Waals surface area contributed by atoms with Crippen molar-refractivity contribution in [2.45, 2.75) is 70.9 Å². The minimum Gasteiger partial charge on any atom is -0.493 e. The Balaban J connectivity index is 2.25. The van der Waals surface area contributed by atoms with Gasteiger partial charge in [-0.25, -0.2) is 4.79 Å². The van der Waals surface area contributed by atoms with Crippen LogP contribution in [0.4, 0.5) is 4.79 Å². The number of hydrogen-bond acceptors (Lipinski definition) is 5. The maximum Gasteiger partial charge on any atom is 0.407 e. The van der Waals surface area contributed by atoms with E-state index in [1.807, 2.05) is 45.9 Å². The summed E-state index contributed by atoms with van der Waals surface area (Å²) in [4.78, 5) is 23.6. The van der Waals surface area contributed by atoms with Crippen LogP contribution in [0.1, 0.15) is 64.9 Å². The van der Waals surface area contributed by atoms with Gasteiger partial charge < -0.3 is 24.6 Å². The van der Waals surface area contributed by atoms with E-state index in [1.54, 1.807) is 7.11 Å². The Hall–Kier alpha value is -2.44. The average Bonchev–Trinajstić information content (AvgIpc) is 2.60. The number of carboxylic acids is 1. The fraction of sp³-hybridized carbons (Fsp3) is 0.636. The van der Waals surface area contributed by atoms with E-state index >= 15 is 0 Å². The van der Waals surface area contributed by atoms with E-state index in [1.165, 1.54) is 0 Å².